The fraction of sp³-hybridized carbons (Fsp3) is 0.208. The minimum Gasteiger partial charge on any atom is -0.496 e. The molecule has 0 atom stereocenters. The van der Waals surface area contributed by atoms with Crippen LogP contribution in [0.2, 0.25) is 0 Å². The molecule has 2 amide bonds. The number of ether oxygens (including phenoxy) is 1. The molecule has 182 valence electrons. The Bertz CT molecular complexity index is 1490. The molecule has 2 aromatic carbocycles. The Morgan fingerprint density at radius 1 is 1.17 bits per heavy atom. The molecule has 0 saturated heterocycles. The van der Waals surface area contributed by atoms with E-state index in [-0.39, 0.29) is 27.3 Å². The largest absolute Gasteiger partial charge is 0.496 e. The molecule has 0 bridgehead atoms. The molecule has 1 N–H and O–H groups in total. The van der Waals surface area contributed by atoms with Crippen LogP contribution in [0.1, 0.15) is 45.0 Å². The molecule has 2 heterocycles. The van der Waals surface area contributed by atoms with Crippen molar-refractivity contribution in [2.45, 2.75) is 29.9 Å². The number of methoxy groups -OCH3 is 1. The van der Waals surface area contributed by atoms with Crippen LogP contribution in [0.3, 0.4) is 0 Å². The lowest BCUT2D eigenvalue weighted by Crippen LogP contribution is -2.43. The molecule has 0 spiro atoms. The van der Waals surface area contributed by atoms with Gasteiger partial charge in [-0.05, 0) is 49.1 Å². The molecule has 8 nitrogen and oxygen atoms in total. The van der Waals surface area contributed by atoms with E-state index in [4.69, 9.17) is 4.74 Å². The normalized spacial score (nSPS) is 14.1. The zero-order valence-corrected chi connectivity index (χ0v) is 20.5. The molecular weight excluding hydrogens is 497 g/mol. The molecule has 1 aromatic heterocycles. The minimum absolute atomic E-state index is 0.205. The van der Waals surface area contributed by atoms with Gasteiger partial charge in [0.2, 0.25) is 5.91 Å². The lowest BCUT2D eigenvalue weighted by atomic mass is 10.0. The monoisotopic (exact) mass is 517 g/mol. The van der Waals surface area contributed by atoms with E-state index in [0.717, 1.165) is 29.5 Å². The maximum Gasteiger partial charge on any atom is 0.346 e. The maximum absolute atomic E-state index is 14.9. The number of thiophene rings is 1. The summed E-state index contributed by atoms with van der Waals surface area (Å²) in [5, 5.41) is 10.8. The van der Waals surface area contributed by atoms with Crippen LogP contribution in [0.15, 0.2) is 52.7 Å². The highest BCUT2D eigenvalue weighted by atomic mass is 32.2. The maximum atomic E-state index is 14.9. The number of carbonyl (C=O) groups is 3. The van der Waals surface area contributed by atoms with Crippen molar-refractivity contribution in [1.82, 2.24) is 0 Å². The number of amides is 2. The number of hydrogen-bond donors (Lipinski definition) is 1. The summed E-state index contributed by atoms with van der Waals surface area (Å²) in [4.78, 5) is 37.4. The van der Waals surface area contributed by atoms with Gasteiger partial charge in [-0.15, -0.1) is 11.3 Å². The van der Waals surface area contributed by atoms with Crippen molar-refractivity contribution in [3.05, 3.63) is 75.2 Å². The molecule has 3 aromatic rings. The number of sulfone groups is 1. The fourth-order valence-electron chi connectivity index (χ4n) is 4.04. The van der Waals surface area contributed by atoms with Gasteiger partial charge in [0, 0.05) is 5.56 Å². The van der Waals surface area contributed by atoms with E-state index in [2.05, 4.69) is 0 Å². The number of benzene rings is 2. The Labute approximate surface area is 204 Å². The number of aromatic carboxylic acids is 1. The highest BCUT2D eigenvalue weighted by Gasteiger charge is 2.42. The van der Waals surface area contributed by atoms with Crippen LogP contribution in [0.5, 0.6) is 5.75 Å². The van der Waals surface area contributed by atoms with Crippen LogP contribution in [-0.2, 0) is 25.8 Å². The average Bonchev–Trinajstić information content (AvgIpc) is 3.24. The number of rotatable bonds is 6. The third-order valence-electron chi connectivity index (χ3n) is 5.97. The SMILES string of the molecule is COc1ccccc1C(C)(C)S(=O)(=O)c1ccc(F)c(N2C(=O)Cc3csc(C(=O)O)c3C2=O)c1. The van der Waals surface area contributed by atoms with Gasteiger partial charge in [-0.1, -0.05) is 18.2 Å². The molecule has 4 rings (SSSR count). The minimum atomic E-state index is -4.20. The topological polar surface area (TPSA) is 118 Å². The molecule has 1 aliphatic heterocycles. The predicted molar refractivity (Wildman–Crippen MR) is 126 cm³/mol. The van der Waals surface area contributed by atoms with Crippen LogP contribution < -0.4 is 9.64 Å². The second-order valence-electron chi connectivity index (χ2n) is 8.31. The van der Waals surface area contributed by atoms with Crippen molar-refractivity contribution in [1.29, 1.82) is 0 Å². The van der Waals surface area contributed by atoms with Gasteiger partial charge in [0.05, 0.1) is 34.4 Å². The van der Waals surface area contributed by atoms with Crippen molar-refractivity contribution in [3.8, 4) is 5.75 Å². The van der Waals surface area contributed by atoms with Gasteiger partial charge in [-0.25, -0.2) is 22.5 Å². The van der Waals surface area contributed by atoms with Gasteiger partial charge in [-0.2, -0.15) is 0 Å². The summed E-state index contributed by atoms with van der Waals surface area (Å²) in [5.41, 5.74) is -0.165. The van der Waals surface area contributed by atoms with E-state index in [1.54, 1.807) is 24.3 Å². The number of halogens is 1. The average molecular weight is 518 g/mol. The first-order valence-corrected chi connectivity index (χ1v) is 12.7. The summed E-state index contributed by atoms with van der Waals surface area (Å²) in [6, 6.07) is 9.42. The number of nitrogens with zero attached hydrogens (tertiary/aromatic N) is 1. The van der Waals surface area contributed by atoms with Crippen LogP contribution in [0.25, 0.3) is 0 Å². The lowest BCUT2D eigenvalue weighted by Gasteiger charge is -2.29. The first kappa shape index (κ1) is 24.6. The van der Waals surface area contributed by atoms with E-state index in [9.17, 15) is 32.3 Å². The summed E-state index contributed by atoms with van der Waals surface area (Å²) in [6.07, 6.45) is -0.325. The molecule has 0 unspecified atom stereocenters. The smallest absolute Gasteiger partial charge is 0.346 e. The Balaban J connectivity index is 1.84. The van der Waals surface area contributed by atoms with Crippen LogP contribution in [-0.4, -0.2) is 38.4 Å². The Kier molecular flexibility index (Phi) is 6.02. The third-order valence-corrected chi connectivity index (χ3v) is 9.42. The van der Waals surface area contributed by atoms with Gasteiger partial charge in [0.25, 0.3) is 5.91 Å². The van der Waals surface area contributed by atoms with E-state index < -0.39 is 43.9 Å². The molecular formula is C24H20FNO7S2. The zero-order valence-electron chi connectivity index (χ0n) is 18.9. The summed E-state index contributed by atoms with van der Waals surface area (Å²) in [6.45, 7) is 2.94. The summed E-state index contributed by atoms with van der Waals surface area (Å²) in [5.74, 6) is -3.83. The van der Waals surface area contributed by atoms with Crippen LogP contribution >= 0.6 is 11.3 Å². The zero-order chi connectivity index (χ0) is 25.7. The Morgan fingerprint density at radius 3 is 2.51 bits per heavy atom. The first-order valence-electron chi connectivity index (χ1n) is 10.3. The summed E-state index contributed by atoms with van der Waals surface area (Å²) < 4.78 is 46.1. The Hall–Kier alpha value is -3.57. The molecule has 0 fully saturated rings. The van der Waals surface area contributed by atoms with Crippen LogP contribution in [0.4, 0.5) is 10.1 Å². The second kappa shape index (κ2) is 8.58. The number of fused-ring (bicyclic) bond motifs is 1. The van der Waals surface area contributed by atoms with Crippen molar-refractivity contribution in [3.63, 3.8) is 0 Å². The quantitative estimate of drug-likeness (QED) is 0.387. The van der Waals surface area contributed by atoms with E-state index in [0.29, 0.717) is 16.2 Å². The van der Waals surface area contributed by atoms with Gasteiger partial charge in [-0.3, -0.25) is 9.59 Å². The number of carbonyl (C=O) groups excluding carboxylic acids is 2. The van der Waals surface area contributed by atoms with Gasteiger partial charge in [0.1, 0.15) is 16.4 Å². The standard InChI is InChI=1S/C24H20FNO7S2/c1-24(2,15-6-4-5-7-18(15)33-3)35(31,32)14-8-9-16(25)17(11-14)26-19(27)10-13-12-34-21(23(29)30)20(13)22(26)28/h4-9,11-12H,10H2,1-3H3,(H,29,30). The van der Waals surface area contributed by atoms with Crippen molar-refractivity contribution < 1.29 is 37.0 Å². The number of para-hydroxylation sites is 1. The number of carboxylic acids is 1. The van der Waals surface area contributed by atoms with Gasteiger partial charge >= 0.3 is 5.97 Å². The van der Waals surface area contributed by atoms with E-state index in [1.807, 2.05) is 0 Å². The first-order chi connectivity index (χ1) is 16.4. The summed E-state index contributed by atoms with van der Waals surface area (Å²) in [7, 11) is -2.78. The molecule has 11 heteroatoms. The molecule has 1 aliphatic rings. The van der Waals surface area contributed by atoms with Gasteiger partial charge < -0.3 is 9.84 Å². The van der Waals surface area contributed by atoms with E-state index >= 15 is 0 Å². The molecule has 0 aliphatic carbocycles. The fourth-order valence-corrected chi connectivity index (χ4v) is 6.50. The predicted octanol–water partition coefficient (Wildman–Crippen LogP) is 4.03. The van der Waals surface area contributed by atoms with E-state index in [1.165, 1.54) is 26.3 Å². The number of carboxylic acid groups (broad SMARTS) is 1. The highest BCUT2D eigenvalue weighted by Crippen LogP contribution is 2.41. The van der Waals surface area contributed by atoms with Crippen molar-refractivity contribution in [2.24, 2.45) is 0 Å². The third kappa shape index (κ3) is 3.80. The van der Waals surface area contributed by atoms with Gasteiger partial charge in [0.15, 0.2) is 9.84 Å². The highest BCUT2D eigenvalue weighted by molar-refractivity contribution is 7.92. The molecule has 0 saturated carbocycles. The lowest BCUT2D eigenvalue weighted by molar-refractivity contribution is -0.117. The number of anilines is 1. The summed E-state index contributed by atoms with van der Waals surface area (Å²) >= 11 is 0.792. The number of imide groups is 1. The molecule has 0 radical (unpaired) electrons. The van der Waals surface area contributed by atoms with Crippen molar-refractivity contribution >= 4 is 44.6 Å². The number of hydrogen-bond acceptors (Lipinski definition) is 7. The van der Waals surface area contributed by atoms with Crippen LogP contribution in [0, 0.1) is 5.82 Å². The molecule has 35 heavy (non-hydrogen) atoms. The second-order valence-corrected chi connectivity index (χ2v) is 11.7. The Morgan fingerprint density at radius 2 is 1.86 bits per heavy atom. The van der Waals surface area contributed by atoms with Crippen molar-refractivity contribution in [2.75, 3.05) is 12.0 Å².